The first-order valence-corrected chi connectivity index (χ1v) is 3.99. The molecule has 4 nitrogen and oxygen atoms in total. The Balaban J connectivity index is 3.26. The van der Waals surface area contributed by atoms with Crippen molar-refractivity contribution in [1.29, 1.82) is 0 Å². The van der Waals surface area contributed by atoms with Crippen LogP contribution in [0.3, 0.4) is 0 Å². The lowest BCUT2D eigenvalue weighted by atomic mass is 10.2. The van der Waals surface area contributed by atoms with Gasteiger partial charge in [-0.2, -0.15) is 4.98 Å². The van der Waals surface area contributed by atoms with Crippen molar-refractivity contribution in [2.75, 3.05) is 19.9 Å². The summed E-state index contributed by atoms with van der Waals surface area (Å²) in [4.78, 5) is 7.73. The predicted molar refractivity (Wildman–Crippen MR) is 53.7 cm³/mol. The number of anilines is 1. The van der Waals surface area contributed by atoms with Gasteiger partial charge in [0.25, 0.3) is 0 Å². The van der Waals surface area contributed by atoms with Crippen LogP contribution in [-0.4, -0.2) is 25.4 Å². The van der Waals surface area contributed by atoms with Crippen LogP contribution in [0.2, 0.25) is 5.15 Å². The molecule has 0 aromatic carbocycles. The van der Waals surface area contributed by atoms with Gasteiger partial charge in [-0.3, -0.25) is 4.99 Å². The van der Waals surface area contributed by atoms with Gasteiger partial charge in [-0.25, -0.2) is 0 Å². The molecule has 0 fully saturated rings. The Morgan fingerprint density at radius 3 is 2.92 bits per heavy atom. The molecule has 0 aliphatic heterocycles. The van der Waals surface area contributed by atoms with E-state index in [4.69, 9.17) is 22.1 Å². The first-order valence-electron chi connectivity index (χ1n) is 3.61. The number of nitrogens with zero attached hydrogens (tertiary/aromatic N) is 2. The quantitative estimate of drug-likeness (QED) is 0.578. The van der Waals surface area contributed by atoms with E-state index in [1.54, 1.807) is 19.3 Å². The van der Waals surface area contributed by atoms with E-state index >= 15 is 0 Å². The van der Waals surface area contributed by atoms with E-state index in [0.29, 0.717) is 22.3 Å². The van der Waals surface area contributed by atoms with E-state index in [-0.39, 0.29) is 0 Å². The molecule has 0 spiro atoms. The molecule has 0 saturated heterocycles. The summed E-state index contributed by atoms with van der Waals surface area (Å²) in [6.07, 6.45) is 1.60. The van der Waals surface area contributed by atoms with Gasteiger partial charge in [-0.15, -0.1) is 0 Å². The molecule has 0 bridgehead atoms. The number of hydrogen-bond acceptors (Lipinski definition) is 4. The number of methoxy groups -OCH3 is 1. The largest absolute Gasteiger partial charge is 0.479 e. The van der Waals surface area contributed by atoms with Gasteiger partial charge in [0, 0.05) is 18.8 Å². The van der Waals surface area contributed by atoms with Crippen LogP contribution >= 0.6 is 11.6 Å². The summed E-state index contributed by atoms with van der Waals surface area (Å²) in [5.41, 5.74) is 6.86. The topological polar surface area (TPSA) is 60.5 Å². The third-order valence-electron chi connectivity index (χ3n) is 1.49. The summed E-state index contributed by atoms with van der Waals surface area (Å²) < 4.78 is 4.93. The summed E-state index contributed by atoms with van der Waals surface area (Å²) in [7, 11) is 3.14. The predicted octanol–water partition coefficient (Wildman–Crippen LogP) is 1.37. The molecule has 1 aromatic rings. The fourth-order valence-electron chi connectivity index (χ4n) is 0.921. The number of nitrogen functional groups attached to an aromatic ring is 1. The van der Waals surface area contributed by atoms with Crippen molar-refractivity contribution in [1.82, 2.24) is 4.98 Å². The van der Waals surface area contributed by atoms with Gasteiger partial charge in [-0.05, 0) is 6.07 Å². The Kier molecular flexibility index (Phi) is 3.08. The lowest BCUT2D eigenvalue weighted by Crippen LogP contribution is -2.00. The maximum atomic E-state index is 5.73. The molecule has 0 aliphatic carbocycles. The minimum atomic E-state index is 0.322. The molecule has 2 N–H and O–H groups in total. The molecule has 0 atom stereocenters. The first-order chi connectivity index (χ1) is 6.19. The molecule has 0 radical (unpaired) electrons. The highest BCUT2D eigenvalue weighted by atomic mass is 35.5. The molecular weight excluding hydrogens is 190 g/mol. The third kappa shape index (κ3) is 2.09. The van der Waals surface area contributed by atoms with Gasteiger partial charge >= 0.3 is 0 Å². The van der Waals surface area contributed by atoms with Crippen LogP contribution in [0.4, 0.5) is 5.69 Å². The van der Waals surface area contributed by atoms with Crippen molar-refractivity contribution in [2.24, 2.45) is 4.99 Å². The lowest BCUT2D eigenvalue weighted by Gasteiger charge is -2.05. The van der Waals surface area contributed by atoms with Crippen molar-refractivity contribution >= 4 is 23.5 Å². The van der Waals surface area contributed by atoms with Crippen LogP contribution in [0.1, 0.15) is 5.56 Å². The maximum Gasteiger partial charge on any atom is 0.239 e. The Morgan fingerprint density at radius 2 is 2.38 bits per heavy atom. The number of pyridine rings is 1. The molecule has 13 heavy (non-hydrogen) atoms. The monoisotopic (exact) mass is 199 g/mol. The van der Waals surface area contributed by atoms with E-state index in [9.17, 15) is 0 Å². The van der Waals surface area contributed by atoms with Crippen LogP contribution in [0.15, 0.2) is 11.1 Å². The van der Waals surface area contributed by atoms with Gasteiger partial charge in [0.1, 0.15) is 10.8 Å². The minimum Gasteiger partial charge on any atom is -0.479 e. The minimum absolute atomic E-state index is 0.322. The van der Waals surface area contributed by atoms with Gasteiger partial charge in [-0.1, -0.05) is 11.6 Å². The normalized spacial score (nSPS) is 10.7. The molecule has 1 heterocycles. The van der Waals surface area contributed by atoms with E-state index < -0.39 is 0 Å². The van der Waals surface area contributed by atoms with Gasteiger partial charge in [0.05, 0.1) is 7.11 Å². The average Bonchev–Trinajstić information content (AvgIpc) is 2.11. The van der Waals surface area contributed by atoms with E-state index in [0.717, 1.165) is 0 Å². The molecule has 0 amide bonds. The smallest absolute Gasteiger partial charge is 0.239 e. The summed E-state index contributed by atoms with van der Waals surface area (Å²) >= 11 is 5.73. The molecule has 5 heteroatoms. The second-order valence-electron chi connectivity index (χ2n) is 2.34. The Hall–Kier alpha value is -1.29. The Labute approximate surface area is 81.4 Å². The van der Waals surface area contributed by atoms with Crippen molar-refractivity contribution in [3.05, 3.63) is 16.8 Å². The van der Waals surface area contributed by atoms with Gasteiger partial charge < -0.3 is 10.5 Å². The highest BCUT2D eigenvalue weighted by Crippen LogP contribution is 2.24. The number of halogens is 1. The molecule has 1 rings (SSSR count). The second-order valence-corrected chi connectivity index (χ2v) is 2.73. The number of rotatable bonds is 2. The van der Waals surface area contributed by atoms with Crippen molar-refractivity contribution in [3.63, 3.8) is 0 Å². The highest BCUT2D eigenvalue weighted by Gasteiger charge is 2.07. The third-order valence-corrected chi connectivity index (χ3v) is 1.68. The zero-order valence-corrected chi connectivity index (χ0v) is 8.17. The zero-order chi connectivity index (χ0) is 9.84. The highest BCUT2D eigenvalue weighted by molar-refractivity contribution is 6.29. The Morgan fingerprint density at radius 1 is 1.69 bits per heavy atom. The summed E-state index contributed by atoms with van der Waals surface area (Å²) in [6, 6.07) is 1.63. The average molecular weight is 200 g/mol. The van der Waals surface area contributed by atoms with E-state index in [1.807, 2.05) is 0 Å². The van der Waals surface area contributed by atoms with Crippen LogP contribution in [0, 0.1) is 0 Å². The summed E-state index contributed by atoms with van der Waals surface area (Å²) in [6.45, 7) is 0. The van der Waals surface area contributed by atoms with Crippen LogP contribution in [0.5, 0.6) is 5.88 Å². The van der Waals surface area contributed by atoms with Crippen molar-refractivity contribution < 1.29 is 4.74 Å². The van der Waals surface area contributed by atoms with Crippen LogP contribution in [0.25, 0.3) is 0 Å². The number of hydrogen-bond donors (Lipinski definition) is 1. The molecule has 70 valence electrons. The maximum absolute atomic E-state index is 5.73. The summed E-state index contributed by atoms with van der Waals surface area (Å²) in [5, 5.41) is 0.334. The first kappa shape index (κ1) is 9.80. The fraction of sp³-hybridized carbons (Fsp3) is 0.250. The van der Waals surface area contributed by atoms with Gasteiger partial charge in [0.15, 0.2) is 0 Å². The molecular formula is C8H10ClN3O. The van der Waals surface area contributed by atoms with Gasteiger partial charge in [0.2, 0.25) is 5.88 Å². The molecule has 0 aliphatic rings. The zero-order valence-electron chi connectivity index (χ0n) is 7.41. The van der Waals surface area contributed by atoms with Crippen molar-refractivity contribution in [3.8, 4) is 5.88 Å². The molecule has 0 unspecified atom stereocenters. The fourth-order valence-corrected chi connectivity index (χ4v) is 1.11. The lowest BCUT2D eigenvalue weighted by molar-refractivity contribution is 0.400. The molecule has 1 aromatic heterocycles. The van der Waals surface area contributed by atoms with E-state index in [1.165, 1.54) is 7.11 Å². The number of aromatic nitrogens is 1. The van der Waals surface area contributed by atoms with Crippen molar-refractivity contribution in [2.45, 2.75) is 0 Å². The number of ether oxygens (including phenoxy) is 1. The molecule has 0 saturated carbocycles. The van der Waals surface area contributed by atoms with E-state index in [2.05, 4.69) is 9.98 Å². The SMILES string of the molecule is CN=Cc1cc(Cl)nc(OC)c1N. The number of aliphatic imine (C=N–C) groups is 1. The van der Waals surface area contributed by atoms with Crippen LogP contribution in [-0.2, 0) is 0 Å². The second kappa shape index (κ2) is 4.09. The Bertz CT molecular complexity index is 338. The standard InChI is InChI=1S/C8H10ClN3O/c1-11-4-5-3-6(9)12-8(13-2)7(5)10/h3-4H,10H2,1-2H3. The van der Waals surface area contributed by atoms with Crippen LogP contribution < -0.4 is 10.5 Å². The summed E-state index contributed by atoms with van der Waals surface area (Å²) in [5.74, 6) is 0.322. The number of nitrogens with two attached hydrogens (primary N) is 1.